The Balaban J connectivity index is 1.97. The highest BCUT2D eigenvalue weighted by atomic mass is 16.6. The second-order valence-corrected chi connectivity index (χ2v) is 4.18. The number of nitro groups is 1. The van der Waals surface area contributed by atoms with Crippen molar-refractivity contribution in [3.8, 4) is 0 Å². The largest absolute Gasteiger partial charge is 0.469 e. The van der Waals surface area contributed by atoms with E-state index >= 15 is 0 Å². The number of hydrogen-bond acceptors (Lipinski definition) is 4. The van der Waals surface area contributed by atoms with Gasteiger partial charge < -0.3 is 4.42 Å². The molecule has 2 aromatic rings. The lowest BCUT2D eigenvalue weighted by atomic mass is 10.0. The number of aryl methyl sites for hydroxylation is 1. The number of hydrogen-bond donors (Lipinski definition) is 0. The van der Waals surface area contributed by atoms with Gasteiger partial charge in [-0.05, 0) is 12.1 Å². The van der Waals surface area contributed by atoms with Crippen molar-refractivity contribution >= 4 is 11.5 Å². The number of carbonyl (C=O) groups excluding carboxylic acids is 1. The van der Waals surface area contributed by atoms with Gasteiger partial charge in [0.2, 0.25) is 0 Å². The lowest BCUT2D eigenvalue weighted by molar-refractivity contribution is -0.385. The highest BCUT2D eigenvalue weighted by Crippen LogP contribution is 2.19. The number of nitro benzene ring substituents is 1. The van der Waals surface area contributed by atoms with Crippen molar-refractivity contribution in [1.82, 2.24) is 0 Å². The molecule has 0 radical (unpaired) electrons. The summed E-state index contributed by atoms with van der Waals surface area (Å²) in [6, 6.07) is 9.88. The summed E-state index contributed by atoms with van der Waals surface area (Å²) in [5.41, 5.74) is 0.450. The van der Waals surface area contributed by atoms with Crippen LogP contribution in [0.2, 0.25) is 0 Å². The van der Waals surface area contributed by atoms with E-state index < -0.39 is 4.92 Å². The number of carbonyl (C=O) groups is 1. The minimum Gasteiger partial charge on any atom is -0.469 e. The van der Waals surface area contributed by atoms with Crippen LogP contribution in [-0.2, 0) is 17.6 Å². The Morgan fingerprint density at radius 2 is 2.00 bits per heavy atom. The standard InChI is InChI=1S/C14H13NO4/c16-12(7-8-13-5-3-9-19-13)10-11-4-1-2-6-14(11)15(17)18/h1-6,9H,7-8,10H2. The van der Waals surface area contributed by atoms with E-state index in [9.17, 15) is 14.9 Å². The number of nitrogens with zero attached hydrogens (tertiary/aromatic N) is 1. The first kappa shape index (κ1) is 13.0. The van der Waals surface area contributed by atoms with E-state index in [2.05, 4.69) is 0 Å². The predicted molar refractivity (Wildman–Crippen MR) is 68.8 cm³/mol. The van der Waals surface area contributed by atoms with E-state index in [1.807, 2.05) is 0 Å². The Kier molecular flexibility index (Phi) is 4.07. The minimum absolute atomic E-state index is 0.00570. The molecule has 1 heterocycles. The smallest absolute Gasteiger partial charge is 0.273 e. The monoisotopic (exact) mass is 259 g/mol. The van der Waals surface area contributed by atoms with Gasteiger partial charge in [0.1, 0.15) is 11.5 Å². The molecule has 0 saturated heterocycles. The summed E-state index contributed by atoms with van der Waals surface area (Å²) in [4.78, 5) is 22.2. The van der Waals surface area contributed by atoms with Gasteiger partial charge in [0, 0.05) is 30.9 Å². The summed E-state index contributed by atoms with van der Waals surface area (Å²) >= 11 is 0. The molecule has 98 valence electrons. The quantitative estimate of drug-likeness (QED) is 0.590. The Hall–Kier alpha value is -2.43. The van der Waals surface area contributed by atoms with Gasteiger partial charge in [-0.25, -0.2) is 0 Å². The molecule has 5 nitrogen and oxygen atoms in total. The summed E-state index contributed by atoms with van der Waals surface area (Å²) < 4.78 is 5.14. The zero-order chi connectivity index (χ0) is 13.7. The van der Waals surface area contributed by atoms with E-state index in [1.54, 1.807) is 36.6 Å². The molecular formula is C14H13NO4. The van der Waals surface area contributed by atoms with Gasteiger partial charge in [-0.3, -0.25) is 14.9 Å². The molecule has 0 atom stereocenters. The van der Waals surface area contributed by atoms with Crippen LogP contribution in [0, 0.1) is 10.1 Å². The number of Topliss-reactive ketones (excluding diaryl/α,β-unsaturated/α-hetero) is 1. The summed E-state index contributed by atoms with van der Waals surface area (Å²) in [7, 11) is 0. The third-order valence-electron chi connectivity index (χ3n) is 2.81. The summed E-state index contributed by atoms with van der Waals surface area (Å²) in [5, 5.41) is 10.8. The van der Waals surface area contributed by atoms with Gasteiger partial charge in [-0.1, -0.05) is 18.2 Å². The molecule has 0 aliphatic rings. The van der Waals surface area contributed by atoms with E-state index in [0.717, 1.165) is 5.76 Å². The fourth-order valence-electron chi connectivity index (χ4n) is 1.86. The number of ketones is 1. The molecule has 5 heteroatoms. The highest BCUT2D eigenvalue weighted by Gasteiger charge is 2.15. The Bertz CT molecular complexity index is 575. The Morgan fingerprint density at radius 3 is 2.68 bits per heavy atom. The molecule has 2 rings (SSSR count). The zero-order valence-electron chi connectivity index (χ0n) is 10.2. The van der Waals surface area contributed by atoms with Crippen molar-refractivity contribution in [2.24, 2.45) is 0 Å². The molecule has 0 bridgehead atoms. The van der Waals surface area contributed by atoms with E-state index in [1.165, 1.54) is 6.07 Å². The second kappa shape index (κ2) is 5.95. The van der Waals surface area contributed by atoms with E-state index in [4.69, 9.17) is 4.42 Å². The highest BCUT2D eigenvalue weighted by molar-refractivity contribution is 5.82. The zero-order valence-corrected chi connectivity index (χ0v) is 10.2. The van der Waals surface area contributed by atoms with Crippen molar-refractivity contribution in [2.45, 2.75) is 19.3 Å². The fraction of sp³-hybridized carbons (Fsp3) is 0.214. The minimum atomic E-state index is -0.463. The van der Waals surface area contributed by atoms with Crippen LogP contribution in [0.4, 0.5) is 5.69 Å². The molecule has 1 aromatic heterocycles. The Labute approximate surface area is 110 Å². The molecule has 19 heavy (non-hydrogen) atoms. The van der Waals surface area contributed by atoms with Gasteiger partial charge in [0.15, 0.2) is 0 Å². The molecule has 1 aromatic carbocycles. The van der Waals surface area contributed by atoms with Crippen molar-refractivity contribution in [1.29, 1.82) is 0 Å². The van der Waals surface area contributed by atoms with Gasteiger partial charge in [0.05, 0.1) is 11.2 Å². The lowest BCUT2D eigenvalue weighted by Crippen LogP contribution is -2.06. The maximum absolute atomic E-state index is 11.8. The first-order valence-electron chi connectivity index (χ1n) is 5.93. The average molecular weight is 259 g/mol. The van der Waals surface area contributed by atoms with Crippen molar-refractivity contribution in [3.63, 3.8) is 0 Å². The molecule has 0 aliphatic heterocycles. The Morgan fingerprint density at radius 1 is 1.21 bits per heavy atom. The first-order valence-corrected chi connectivity index (χ1v) is 5.93. The molecule has 0 spiro atoms. The van der Waals surface area contributed by atoms with Crippen LogP contribution >= 0.6 is 0 Å². The maximum Gasteiger partial charge on any atom is 0.273 e. The molecule has 0 aliphatic carbocycles. The average Bonchev–Trinajstić information content (AvgIpc) is 2.90. The molecule has 0 saturated carbocycles. The van der Waals surface area contributed by atoms with Crippen molar-refractivity contribution < 1.29 is 14.1 Å². The van der Waals surface area contributed by atoms with Gasteiger partial charge in [-0.2, -0.15) is 0 Å². The maximum atomic E-state index is 11.8. The van der Waals surface area contributed by atoms with E-state index in [0.29, 0.717) is 18.4 Å². The number of benzene rings is 1. The number of para-hydroxylation sites is 1. The number of furan rings is 1. The van der Waals surface area contributed by atoms with Gasteiger partial charge in [0.25, 0.3) is 5.69 Å². The van der Waals surface area contributed by atoms with Crippen molar-refractivity contribution in [3.05, 3.63) is 64.1 Å². The van der Waals surface area contributed by atoms with Gasteiger partial charge >= 0.3 is 0 Å². The summed E-state index contributed by atoms with van der Waals surface area (Å²) in [6.07, 6.45) is 2.48. The third-order valence-corrected chi connectivity index (χ3v) is 2.81. The molecule has 0 fully saturated rings. The second-order valence-electron chi connectivity index (χ2n) is 4.18. The topological polar surface area (TPSA) is 73.3 Å². The van der Waals surface area contributed by atoms with Crippen molar-refractivity contribution in [2.75, 3.05) is 0 Å². The van der Waals surface area contributed by atoms with Crippen LogP contribution < -0.4 is 0 Å². The predicted octanol–water partition coefficient (Wildman–Crippen LogP) is 2.93. The fourth-order valence-corrected chi connectivity index (χ4v) is 1.86. The molecular weight excluding hydrogens is 246 g/mol. The van der Waals surface area contributed by atoms with E-state index in [-0.39, 0.29) is 17.9 Å². The summed E-state index contributed by atoms with van der Waals surface area (Å²) in [5.74, 6) is 0.710. The normalized spacial score (nSPS) is 10.3. The first-order chi connectivity index (χ1) is 9.16. The van der Waals surface area contributed by atoms with Crippen LogP contribution in [-0.4, -0.2) is 10.7 Å². The molecule has 0 N–H and O–H groups in total. The van der Waals surface area contributed by atoms with Crippen LogP contribution in [0.1, 0.15) is 17.7 Å². The van der Waals surface area contributed by atoms with Crippen LogP contribution in [0.15, 0.2) is 47.1 Å². The molecule has 0 amide bonds. The number of rotatable bonds is 6. The van der Waals surface area contributed by atoms with Gasteiger partial charge in [-0.15, -0.1) is 0 Å². The summed E-state index contributed by atoms with van der Waals surface area (Å²) in [6.45, 7) is 0. The van der Waals surface area contributed by atoms with Crippen LogP contribution in [0.25, 0.3) is 0 Å². The third kappa shape index (κ3) is 3.51. The van der Waals surface area contributed by atoms with Crippen LogP contribution in [0.3, 0.4) is 0 Å². The van der Waals surface area contributed by atoms with Crippen LogP contribution in [0.5, 0.6) is 0 Å². The molecule has 0 unspecified atom stereocenters. The lowest BCUT2D eigenvalue weighted by Gasteiger charge is -2.02. The SMILES string of the molecule is O=C(CCc1ccco1)Cc1ccccc1[N+](=O)[O-].